The lowest BCUT2D eigenvalue weighted by Gasteiger charge is -2.16. The summed E-state index contributed by atoms with van der Waals surface area (Å²) in [5, 5.41) is 12.4. The Hall–Kier alpha value is -0.620. The average molecular weight is 306 g/mol. The van der Waals surface area contributed by atoms with Crippen LogP contribution in [0.3, 0.4) is 0 Å². The standard InChI is InChI=1S/C13H20ClNO3S/c1-10(5-4-8-16)15-9-11-12(14)6-3-7-13(11)19(2,17)18/h3,6-7,10,15-16H,4-5,8-9H2,1-2H3. The number of hydrogen-bond acceptors (Lipinski definition) is 4. The van der Waals surface area contributed by atoms with Gasteiger partial charge in [0, 0.05) is 36.0 Å². The van der Waals surface area contributed by atoms with E-state index in [1.54, 1.807) is 18.2 Å². The van der Waals surface area contributed by atoms with Crippen molar-refractivity contribution in [2.75, 3.05) is 12.9 Å². The Balaban J connectivity index is 2.83. The minimum atomic E-state index is -3.29. The topological polar surface area (TPSA) is 66.4 Å². The van der Waals surface area contributed by atoms with Gasteiger partial charge in [-0.25, -0.2) is 8.42 Å². The van der Waals surface area contributed by atoms with E-state index in [0.29, 0.717) is 17.1 Å². The molecule has 0 aliphatic heterocycles. The molecule has 0 bridgehead atoms. The predicted molar refractivity (Wildman–Crippen MR) is 77.2 cm³/mol. The molecular formula is C13H20ClNO3S. The number of hydrogen-bond donors (Lipinski definition) is 2. The van der Waals surface area contributed by atoms with Crippen molar-refractivity contribution >= 4 is 21.4 Å². The van der Waals surface area contributed by atoms with Gasteiger partial charge in [0.05, 0.1) is 4.90 Å². The lowest BCUT2D eigenvalue weighted by atomic mass is 10.1. The highest BCUT2D eigenvalue weighted by atomic mass is 35.5. The molecular weight excluding hydrogens is 286 g/mol. The zero-order valence-electron chi connectivity index (χ0n) is 11.2. The van der Waals surface area contributed by atoms with Crippen molar-refractivity contribution in [3.05, 3.63) is 28.8 Å². The normalized spacial score (nSPS) is 13.5. The molecule has 0 aromatic heterocycles. The maximum atomic E-state index is 11.7. The number of halogens is 1. The molecule has 1 aromatic carbocycles. The molecule has 1 aromatic rings. The summed E-state index contributed by atoms with van der Waals surface area (Å²) in [4.78, 5) is 0.266. The van der Waals surface area contributed by atoms with E-state index >= 15 is 0 Å². The first-order chi connectivity index (χ1) is 8.86. The number of benzene rings is 1. The number of aliphatic hydroxyl groups is 1. The monoisotopic (exact) mass is 305 g/mol. The molecule has 6 heteroatoms. The van der Waals surface area contributed by atoms with E-state index < -0.39 is 9.84 Å². The fraction of sp³-hybridized carbons (Fsp3) is 0.538. The Labute approximate surface area is 119 Å². The van der Waals surface area contributed by atoms with Gasteiger partial charge in [0.2, 0.25) is 0 Å². The second-order valence-electron chi connectivity index (χ2n) is 4.64. The highest BCUT2D eigenvalue weighted by molar-refractivity contribution is 7.90. The molecule has 1 atom stereocenters. The van der Waals surface area contributed by atoms with Crippen molar-refractivity contribution < 1.29 is 13.5 Å². The molecule has 0 amide bonds. The second-order valence-corrected chi connectivity index (χ2v) is 7.03. The third-order valence-electron chi connectivity index (χ3n) is 2.90. The van der Waals surface area contributed by atoms with E-state index in [0.717, 1.165) is 12.8 Å². The lowest BCUT2D eigenvalue weighted by Crippen LogP contribution is -2.26. The van der Waals surface area contributed by atoms with Gasteiger partial charge in [0.1, 0.15) is 0 Å². The van der Waals surface area contributed by atoms with Crippen LogP contribution in [0.25, 0.3) is 0 Å². The highest BCUT2D eigenvalue weighted by Crippen LogP contribution is 2.24. The van der Waals surface area contributed by atoms with Crippen LogP contribution in [0, 0.1) is 0 Å². The zero-order chi connectivity index (χ0) is 14.5. The van der Waals surface area contributed by atoms with Crippen LogP contribution in [-0.4, -0.2) is 32.4 Å². The fourth-order valence-corrected chi connectivity index (χ4v) is 3.09. The molecule has 0 heterocycles. The molecule has 108 valence electrons. The van der Waals surface area contributed by atoms with Gasteiger partial charge in [0.15, 0.2) is 9.84 Å². The Morgan fingerprint density at radius 2 is 2.11 bits per heavy atom. The van der Waals surface area contributed by atoms with Crippen molar-refractivity contribution in [2.24, 2.45) is 0 Å². The summed E-state index contributed by atoms with van der Waals surface area (Å²) in [6.45, 7) is 2.55. The molecule has 1 rings (SSSR count). The minimum absolute atomic E-state index is 0.159. The van der Waals surface area contributed by atoms with Gasteiger partial charge >= 0.3 is 0 Å². The van der Waals surface area contributed by atoms with Crippen molar-refractivity contribution in [1.82, 2.24) is 5.32 Å². The molecule has 19 heavy (non-hydrogen) atoms. The van der Waals surface area contributed by atoms with Gasteiger partial charge in [-0.2, -0.15) is 0 Å². The Morgan fingerprint density at radius 1 is 1.42 bits per heavy atom. The van der Waals surface area contributed by atoms with E-state index in [1.807, 2.05) is 6.92 Å². The van der Waals surface area contributed by atoms with Gasteiger partial charge in [-0.05, 0) is 31.9 Å². The summed E-state index contributed by atoms with van der Waals surface area (Å²) in [6.07, 6.45) is 2.72. The van der Waals surface area contributed by atoms with Crippen LogP contribution in [0.4, 0.5) is 0 Å². The van der Waals surface area contributed by atoms with Crippen LogP contribution < -0.4 is 5.32 Å². The first-order valence-electron chi connectivity index (χ1n) is 6.18. The maximum absolute atomic E-state index is 11.7. The first-order valence-corrected chi connectivity index (χ1v) is 8.45. The molecule has 0 aliphatic carbocycles. The van der Waals surface area contributed by atoms with Crippen LogP contribution in [0.1, 0.15) is 25.3 Å². The van der Waals surface area contributed by atoms with Crippen molar-refractivity contribution in [3.63, 3.8) is 0 Å². The Bertz CT molecular complexity index is 517. The van der Waals surface area contributed by atoms with Crippen LogP contribution in [-0.2, 0) is 16.4 Å². The summed E-state index contributed by atoms with van der Waals surface area (Å²) in [7, 11) is -3.29. The van der Waals surface area contributed by atoms with E-state index in [2.05, 4.69) is 5.32 Å². The van der Waals surface area contributed by atoms with Crippen LogP contribution in [0.15, 0.2) is 23.1 Å². The number of aliphatic hydroxyl groups excluding tert-OH is 1. The van der Waals surface area contributed by atoms with Gasteiger partial charge < -0.3 is 10.4 Å². The Morgan fingerprint density at radius 3 is 2.68 bits per heavy atom. The number of rotatable bonds is 7. The highest BCUT2D eigenvalue weighted by Gasteiger charge is 2.16. The largest absolute Gasteiger partial charge is 0.396 e. The summed E-state index contributed by atoms with van der Waals surface area (Å²) >= 11 is 6.08. The van der Waals surface area contributed by atoms with Gasteiger partial charge in [-0.1, -0.05) is 17.7 Å². The maximum Gasteiger partial charge on any atom is 0.175 e. The third kappa shape index (κ3) is 5.10. The zero-order valence-corrected chi connectivity index (χ0v) is 12.8. The molecule has 2 N–H and O–H groups in total. The van der Waals surface area contributed by atoms with E-state index in [9.17, 15) is 8.42 Å². The summed E-state index contributed by atoms with van der Waals surface area (Å²) < 4.78 is 23.4. The molecule has 0 aliphatic rings. The fourth-order valence-electron chi connectivity index (χ4n) is 1.83. The molecule has 0 radical (unpaired) electrons. The predicted octanol–water partition coefficient (Wildman–Crippen LogP) is 1.99. The van der Waals surface area contributed by atoms with Gasteiger partial charge in [-0.3, -0.25) is 0 Å². The number of nitrogens with one attached hydrogen (secondary N) is 1. The molecule has 0 fully saturated rings. The summed E-state index contributed by atoms with van der Waals surface area (Å²) in [5.74, 6) is 0. The van der Waals surface area contributed by atoms with Gasteiger partial charge in [-0.15, -0.1) is 0 Å². The van der Waals surface area contributed by atoms with Crippen LogP contribution >= 0.6 is 11.6 Å². The van der Waals surface area contributed by atoms with E-state index in [-0.39, 0.29) is 17.5 Å². The molecule has 1 unspecified atom stereocenters. The Kier molecular flexibility index (Phi) is 6.26. The van der Waals surface area contributed by atoms with E-state index in [4.69, 9.17) is 16.7 Å². The average Bonchev–Trinajstić information content (AvgIpc) is 2.33. The third-order valence-corrected chi connectivity index (χ3v) is 4.43. The second kappa shape index (κ2) is 7.24. The van der Waals surface area contributed by atoms with Crippen molar-refractivity contribution in [3.8, 4) is 0 Å². The quantitative estimate of drug-likeness (QED) is 0.808. The van der Waals surface area contributed by atoms with Crippen molar-refractivity contribution in [2.45, 2.75) is 37.2 Å². The lowest BCUT2D eigenvalue weighted by molar-refractivity contribution is 0.276. The SMILES string of the molecule is CC(CCCO)NCc1c(Cl)cccc1S(C)(=O)=O. The first kappa shape index (κ1) is 16.4. The van der Waals surface area contributed by atoms with Gasteiger partial charge in [0.25, 0.3) is 0 Å². The smallest absolute Gasteiger partial charge is 0.175 e. The van der Waals surface area contributed by atoms with E-state index in [1.165, 1.54) is 6.26 Å². The molecule has 4 nitrogen and oxygen atoms in total. The molecule has 0 saturated heterocycles. The molecule has 0 spiro atoms. The summed E-state index contributed by atoms with van der Waals surface area (Å²) in [5.41, 5.74) is 0.600. The molecule has 0 saturated carbocycles. The minimum Gasteiger partial charge on any atom is -0.396 e. The van der Waals surface area contributed by atoms with Crippen LogP contribution in [0.2, 0.25) is 5.02 Å². The summed E-state index contributed by atoms with van der Waals surface area (Å²) in [6, 6.07) is 5.08. The van der Waals surface area contributed by atoms with Crippen LogP contribution in [0.5, 0.6) is 0 Å². The number of sulfone groups is 1. The van der Waals surface area contributed by atoms with Crippen molar-refractivity contribution in [1.29, 1.82) is 0 Å².